The molecule has 1 unspecified atom stereocenters. The van der Waals surface area contributed by atoms with Crippen molar-refractivity contribution >= 4 is 23.2 Å². The van der Waals surface area contributed by atoms with E-state index < -0.39 is 0 Å². The van der Waals surface area contributed by atoms with Crippen LogP contribution in [0.2, 0.25) is 10.0 Å². The summed E-state index contributed by atoms with van der Waals surface area (Å²) in [5.41, 5.74) is 1.82. The number of nitrogens with one attached hydrogen (secondary N) is 1. The molecule has 2 fully saturated rings. The molecule has 1 aromatic carbocycles. The molecule has 0 aromatic heterocycles. The van der Waals surface area contributed by atoms with E-state index in [1.54, 1.807) is 0 Å². The van der Waals surface area contributed by atoms with Gasteiger partial charge in [0.2, 0.25) is 0 Å². The quantitative estimate of drug-likeness (QED) is 0.792. The molecule has 0 radical (unpaired) electrons. The summed E-state index contributed by atoms with van der Waals surface area (Å²) in [7, 11) is 0. The Morgan fingerprint density at radius 3 is 2.33 bits per heavy atom. The summed E-state index contributed by atoms with van der Waals surface area (Å²) in [5, 5.41) is 5.06. The van der Waals surface area contributed by atoms with E-state index in [1.807, 2.05) is 6.07 Å². The first-order chi connectivity index (χ1) is 8.70. The number of piperidine rings is 1. The van der Waals surface area contributed by atoms with Crippen molar-refractivity contribution in [3.8, 4) is 0 Å². The molecule has 1 N–H and O–H groups in total. The lowest BCUT2D eigenvalue weighted by Crippen LogP contribution is -2.42. The number of rotatable bonds is 1. The van der Waals surface area contributed by atoms with Gasteiger partial charge in [-0.05, 0) is 55.0 Å². The Morgan fingerprint density at radius 2 is 1.67 bits per heavy atom. The van der Waals surface area contributed by atoms with Crippen LogP contribution < -0.4 is 5.32 Å². The zero-order valence-electron chi connectivity index (χ0n) is 10.5. The van der Waals surface area contributed by atoms with E-state index in [2.05, 4.69) is 17.4 Å². The van der Waals surface area contributed by atoms with Crippen molar-refractivity contribution in [2.24, 2.45) is 5.41 Å². The Bertz CT molecular complexity index is 418. The van der Waals surface area contributed by atoms with Crippen LogP contribution in [0.4, 0.5) is 0 Å². The molecule has 2 aliphatic rings. The molecule has 1 atom stereocenters. The minimum atomic E-state index is 0.499. The Morgan fingerprint density at radius 1 is 1.00 bits per heavy atom. The second-order valence-corrected chi connectivity index (χ2v) is 6.65. The Balaban J connectivity index is 1.97. The molecule has 1 saturated heterocycles. The van der Waals surface area contributed by atoms with Crippen molar-refractivity contribution in [2.45, 2.75) is 38.0 Å². The van der Waals surface area contributed by atoms with E-state index in [9.17, 15) is 0 Å². The number of hydrogen-bond acceptors (Lipinski definition) is 1. The molecular weight excluding hydrogens is 265 g/mol. The van der Waals surface area contributed by atoms with Crippen LogP contribution in [0.5, 0.6) is 0 Å². The van der Waals surface area contributed by atoms with E-state index in [0.717, 1.165) is 23.1 Å². The molecule has 1 aliphatic heterocycles. The van der Waals surface area contributed by atoms with Crippen molar-refractivity contribution < 1.29 is 0 Å². The van der Waals surface area contributed by atoms with Crippen molar-refractivity contribution in [1.82, 2.24) is 5.32 Å². The molecule has 1 spiro atoms. The normalized spacial score (nSPS) is 26.7. The fourth-order valence-corrected chi connectivity index (χ4v) is 4.44. The SMILES string of the molecule is Clc1cc(Cl)cc(C2CNCCC23CCCC3)c1. The van der Waals surface area contributed by atoms with Gasteiger partial charge in [-0.1, -0.05) is 36.0 Å². The third-order valence-corrected chi connectivity index (χ3v) is 5.21. The number of halogens is 2. The van der Waals surface area contributed by atoms with Gasteiger partial charge in [-0.3, -0.25) is 0 Å². The average Bonchev–Trinajstić information content (AvgIpc) is 2.77. The fourth-order valence-electron chi connectivity index (χ4n) is 3.90. The van der Waals surface area contributed by atoms with Crippen LogP contribution >= 0.6 is 23.2 Å². The van der Waals surface area contributed by atoms with Crippen LogP contribution in [-0.4, -0.2) is 13.1 Å². The summed E-state index contributed by atoms with van der Waals surface area (Å²) in [6, 6.07) is 6.03. The summed E-state index contributed by atoms with van der Waals surface area (Å²) in [6.07, 6.45) is 6.78. The summed E-state index contributed by atoms with van der Waals surface area (Å²) in [5.74, 6) is 0.574. The molecule has 0 amide bonds. The summed E-state index contributed by atoms with van der Waals surface area (Å²) >= 11 is 12.3. The highest BCUT2D eigenvalue weighted by Gasteiger charge is 2.43. The van der Waals surface area contributed by atoms with Crippen LogP contribution in [0, 0.1) is 5.41 Å². The van der Waals surface area contributed by atoms with Crippen LogP contribution in [0.1, 0.15) is 43.6 Å². The molecular formula is C15H19Cl2N. The van der Waals surface area contributed by atoms with Crippen molar-refractivity contribution in [3.63, 3.8) is 0 Å². The molecule has 18 heavy (non-hydrogen) atoms. The zero-order chi connectivity index (χ0) is 12.6. The van der Waals surface area contributed by atoms with E-state index >= 15 is 0 Å². The molecule has 1 nitrogen and oxygen atoms in total. The smallest absolute Gasteiger partial charge is 0.0423 e. The highest BCUT2D eigenvalue weighted by atomic mass is 35.5. The molecule has 1 aromatic rings. The number of benzene rings is 1. The lowest BCUT2D eigenvalue weighted by atomic mass is 9.67. The van der Waals surface area contributed by atoms with Crippen molar-refractivity contribution in [2.75, 3.05) is 13.1 Å². The Labute approximate surface area is 119 Å². The van der Waals surface area contributed by atoms with Crippen LogP contribution in [-0.2, 0) is 0 Å². The maximum absolute atomic E-state index is 6.16. The van der Waals surface area contributed by atoms with Gasteiger partial charge in [0.25, 0.3) is 0 Å². The Hall–Kier alpha value is -0.240. The maximum Gasteiger partial charge on any atom is 0.0423 e. The maximum atomic E-state index is 6.16. The fraction of sp³-hybridized carbons (Fsp3) is 0.600. The Kier molecular flexibility index (Phi) is 3.57. The molecule has 1 aliphatic carbocycles. The van der Waals surface area contributed by atoms with Gasteiger partial charge in [0.05, 0.1) is 0 Å². The van der Waals surface area contributed by atoms with Gasteiger partial charge in [-0.25, -0.2) is 0 Å². The molecule has 1 saturated carbocycles. The minimum absolute atomic E-state index is 0.499. The van der Waals surface area contributed by atoms with Crippen LogP contribution in [0.15, 0.2) is 18.2 Å². The molecule has 1 heterocycles. The topological polar surface area (TPSA) is 12.0 Å². The standard InChI is InChI=1S/C15H19Cl2N/c16-12-7-11(8-13(17)9-12)14-10-18-6-5-15(14)3-1-2-4-15/h7-9,14,18H,1-6,10H2. The first-order valence-electron chi connectivity index (χ1n) is 6.86. The molecule has 3 heteroatoms. The van der Waals surface area contributed by atoms with Gasteiger partial charge >= 0.3 is 0 Å². The predicted octanol–water partition coefficient (Wildman–Crippen LogP) is 4.63. The van der Waals surface area contributed by atoms with Gasteiger partial charge in [-0.2, -0.15) is 0 Å². The second kappa shape index (κ2) is 5.03. The second-order valence-electron chi connectivity index (χ2n) is 5.78. The lowest BCUT2D eigenvalue weighted by molar-refractivity contribution is 0.170. The average molecular weight is 284 g/mol. The first-order valence-corrected chi connectivity index (χ1v) is 7.62. The molecule has 0 bridgehead atoms. The van der Waals surface area contributed by atoms with Gasteiger partial charge in [0, 0.05) is 22.5 Å². The third kappa shape index (κ3) is 2.29. The predicted molar refractivity (Wildman–Crippen MR) is 77.6 cm³/mol. The van der Waals surface area contributed by atoms with Gasteiger partial charge < -0.3 is 5.32 Å². The van der Waals surface area contributed by atoms with Crippen molar-refractivity contribution in [1.29, 1.82) is 0 Å². The van der Waals surface area contributed by atoms with Crippen LogP contribution in [0.25, 0.3) is 0 Å². The minimum Gasteiger partial charge on any atom is -0.316 e. The summed E-state index contributed by atoms with van der Waals surface area (Å²) < 4.78 is 0. The largest absolute Gasteiger partial charge is 0.316 e. The van der Waals surface area contributed by atoms with Gasteiger partial charge in [-0.15, -0.1) is 0 Å². The van der Waals surface area contributed by atoms with E-state index in [4.69, 9.17) is 23.2 Å². The van der Waals surface area contributed by atoms with Crippen molar-refractivity contribution in [3.05, 3.63) is 33.8 Å². The molecule has 98 valence electrons. The number of hydrogen-bond donors (Lipinski definition) is 1. The van der Waals surface area contributed by atoms with E-state index in [0.29, 0.717) is 11.3 Å². The monoisotopic (exact) mass is 283 g/mol. The van der Waals surface area contributed by atoms with Crippen LogP contribution in [0.3, 0.4) is 0 Å². The van der Waals surface area contributed by atoms with E-state index in [1.165, 1.54) is 37.7 Å². The summed E-state index contributed by atoms with van der Waals surface area (Å²) in [6.45, 7) is 2.22. The van der Waals surface area contributed by atoms with E-state index in [-0.39, 0.29) is 0 Å². The van der Waals surface area contributed by atoms with Gasteiger partial charge in [0.1, 0.15) is 0 Å². The lowest BCUT2D eigenvalue weighted by Gasteiger charge is -2.42. The highest BCUT2D eigenvalue weighted by Crippen LogP contribution is 2.52. The first kappa shape index (κ1) is 12.8. The summed E-state index contributed by atoms with van der Waals surface area (Å²) in [4.78, 5) is 0. The third-order valence-electron chi connectivity index (χ3n) is 4.77. The van der Waals surface area contributed by atoms with Gasteiger partial charge in [0.15, 0.2) is 0 Å². The molecule has 3 rings (SSSR count). The zero-order valence-corrected chi connectivity index (χ0v) is 12.0. The highest BCUT2D eigenvalue weighted by molar-refractivity contribution is 6.34.